The Morgan fingerprint density at radius 3 is 2.42 bits per heavy atom. The van der Waals surface area contributed by atoms with E-state index in [9.17, 15) is 13.2 Å². The molecule has 26 heavy (non-hydrogen) atoms. The van der Waals surface area contributed by atoms with E-state index < -0.39 is 11.7 Å². The fraction of sp³-hybridized carbons (Fsp3) is 0.0625. The molecule has 0 saturated carbocycles. The largest absolute Gasteiger partial charge is 0.417 e. The number of alkyl halides is 3. The summed E-state index contributed by atoms with van der Waals surface area (Å²) in [6.07, 6.45) is -2.30. The molecule has 0 saturated heterocycles. The Morgan fingerprint density at radius 2 is 1.77 bits per heavy atom. The van der Waals surface area contributed by atoms with Crippen molar-refractivity contribution < 1.29 is 22.8 Å². The van der Waals surface area contributed by atoms with Crippen LogP contribution < -0.4 is 15.3 Å². The second-order valence-corrected chi connectivity index (χ2v) is 5.83. The first-order chi connectivity index (χ1) is 12.3. The molecule has 0 fully saturated rings. The number of rotatable bonds is 5. The minimum Gasteiger partial charge on any atom is -0.374 e. The van der Waals surface area contributed by atoms with Crippen molar-refractivity contribution in [3.8, 4) is 17.4 Å². The molecule has 5 nitrogen and oxygen atoms in total. The van der Waals surface area contributed by atoms with Crippen LogP contribution in [0.5, 0.6) is 11.6 Å². The summed E-state index contributed by atoms with van der Waals surface area (Å²) in [7, 11) is 0. The van der Waals surface area contributed by atoms with Crippen LogP contribution in [0.4, 0.5) is 13.2 Å². The smallest absolute Gasteiger partial charge is 0.374 e. The van der Waals surface area contributed by atoms with Gasteiger partial charge in [-0.05, 0) is 36.4 Å². The standard InChI is InChI=1S/C16H10Cl2F3N3O2/c17-11-3-5-12(6-4-11)25-23-26-14-2-1-7-24(14)15-13(18)8-10(9-22-15)16(19,20)21/h1-9,23H. The molecule has 0 amide bonds. The molecule has 3 aromatic rings. The van der Waals surface area contributed by atoms with Crippen LogP contribution in [0.25, 0.3) is 5.82 Å². The van der Waals surface area contributed by atoms with E-state index in [1.54, 1.807) is 36.4 Å². The van der Waals surface area contributed by atoms with Crippen molar-refractivity contribution in [1.29, 1.82) is 0 Å². The molecule has 3 rings (SSSR count). The zero-order chi connectivity index (χ0) is 18.7. The maximum absolute atomic E-state index is 12.7. The van der Waals surface area contributed by atoms with E-state index >= 15 is 0 Å². The predicted molar refractivity (Wildman–Crippen MR) is 89.4 cm³/mol. The third kappa shape index (κ3) is 4.21. The van der Waals surface area contributed by atoms with E-state index in [2.05, 4.69) is 10.6 Å². The topological polar surface area (TPSA) is 48.3 Å². The van der Waals surface area contributed by atoms with Crippen molar-refractivity contribution in [3.05, 3.63) is 70.5 Å². The number of hydrogen-bond acceptors (Lipinski definition) is 4. The van der Waals surface area contributed by atoms with Crippen LogP contribution >= 0.6 is 23.2 Å². The van der Waals surface area contributed by atoms with Crippen LogP contribution in [0.15, 0.2) is 54.9 Å². The number of nitrogens with zero attached hydrogens (tertiary/aromatic N) is 2. The van der Waals surface area contributed by atoms with E-state index in [0.29, 0.717) is 17.0 Å². The van der Waals surface area contributed by atoms with Crippen molar-refractivity contribution in [2.75, 3.05) is 0 Å². The lowest BCUT2D eigenvalue weighted by molar-refractivity contribution is -0.137. The van der Waals surface area contributed by atoms with Gasteiger partial charge in [-0.2, -0.15) is 13.2 Å². The highest BCUT2D eigenvalue weighted by Crippen LogP contribution is 2.32. The number of pyridine rings is 1. The van der Waals surface area contributed by atoms with Crippen molar-refractivity contribution in [2.24, 2.45) is 0 Å². The van der Waals surface area contributed by atoms with E-state index in [4.69, 9.17) is 32.9 Å². The quantitative estimate of drug-likeness (QED) is 0.603. The summed E-state index contributed by atoms with van der Waals surface area (Å²) in [5, 5.41) is 0.370. The molecule has 0 radical (unpaired) electrons. The lowest BCUT2D eigenvalue weighted by Gasteiger charge is -2.13. The third-order valence-corrected chi connectivity index (χ3v) is 3.74. The maximum atomic E-state index is 12.7. The molecule has 10 heteroatoms. The Hall–Kier alpha value is -2.42. The Bertz CT molecular complexity index is 899. The van der Waals surface area contributed by atoms with Gasteiger partial charge in [0.1, 0.15) is 0 Å². The summed E-state index contributed by atoms with van der Waals surface area (Å²) in [4.78, 5) is 14.2. The molecule has 136 valence electrons. The van der Waals surface area contributed by atoms with Gasteiger partial charge < -0.3 is 9.68 Å². The molecule has 0 unspecified atom stereocenters. The maximum Gasteiger partial charge on any atom is 0.417 e. The van der Waals surface area contributed by atoms with Crippen LogP contribution in [0, 0.1) is 0 Å². The zero-order valence-corrected chi connectivity index (χ0v) is 14.3. The van der Waals surface area contributed by atoms with Gasteiger partial charge >= 0.3 is 6.18 Å². The first kappa shape index (κ1) is 18.4. The van der Waals surface area contributed by atoms with Crippen molar-refractivity contribution >= 4 is 23.2 Å². The van der Waals surface area contributed by atoms with Gasteiger partial charge in [0, 0.05) is 29.1 Å². The van der Waals surface area contributed by atoms with Gasteiger partial charge in [0.15, 0.2) is 11.6 Å². The molecule has 1 aromatic carbocycles. The van der Waals surface area contributed by atoms with Gasteiger partial charge in [-0.3, -0.25) is 4.57 Å². The average Bonchev–Trinajstić information content (AvgIpc) is 3.04. The number of aromatic nitrogens is 2. The third-order valence-electron chi connectivity index (χ3n) is 3.21. The highest BCUT2D eigenvalue weighted by molar-refractivity contribution is 6.32. The monoisotopic (exact) mass is 403 g/mol. The molecule has 0 bridgehead atoms. The molecule has 0 spiro atoms. The second kappa shape index (κ2) is 7.45. The number of halogens is 5. The van der Waals surface area contributed by atoms with Crippen LogP contribution in [-0.2, 0) is 6.18 Å². The summed E-state index contributed by atoms with van der Waals surface area (Å²) < 4.78 is 39.5. The summed E-state index contributed by atoms with van der Waals surface area (Å²) in [5.74, 6) is 0.722. The molecular formula is C16H10Cl2F3N3O2. The van der Waals surface area contributed by atoms with Gasteiger partial charge in [-0.15, -0.1) is 0 Å². The molecule has 0 aliphatic rings. The molecule has 1 N–H and O–H groups in total. The minimum absolute atomic E-state index is 0.0768. The van der Waals surface area contributed by atoms with E-state index in [1.165, 1.54) is 10.8 Å². The van der Waals surface area contributed by atoms with Gasteiger partial charge in [-0.1, -0.05) is 23.2 Å². The van der Waals surface area contributed by atoms with Gasteiger partial charge in [-0.25, -0.2) is 4.98 Å². The van der Waals surface area contributed by atoms with Crippen LogP contribution in [0.3, 0.4) is 0 Å². The molecule has 0 aliphatic carbocycles. The number of benzene rings is 1. The van der Waals surface area contributed by atoms with Crippen molar-refractivity contribution in [1.82, 2.24) is 15.2 Å². The summed E-state index contributed by atoms with van der Waals surface area (Å²) in [6.45, 7) is 0. The van der Waals surface area contributed by atoms with Crippen LogP contribution in [0.2, 0.25) is 10.0 Å². The van der Waals surface area contributed by atoms with E-state index in [1.807, 2.05) is 0 Å². The molecular weight excluding hydrogens is 394 g/mol. The lowest BCUT2D eigenvalue weighted by Crippen LogP contribution is -2.24. The molecule has 0 atom stereocenters. The summed E-state index contributed by atoms with van der Waals surface area (Å²) in [5.41, 5.74) is 1.33. The first-order valence-corrected chi connectivity index (χ1v) is 7.85. The molecule has 0 aliphatic heterocycles. The SMILES string of the molecule is FC(F)(F)c1cnc(-n2cccc2ONOc2ccc(Cl)cc2)c(Cl)c1. The number of nitrogens with one attached hydrogen (secondary N) is 1. The van der Waals surface area contributed by atoms with Crippen molar-refractivity contribution in [2.45, 2.75) is 6.18 Å². The Morgan fingerprint density at radius 1 is 1.04 bits per heavy atom. The Labute approximate surface area is 155 Å². The van der Waals surface area contributed by atoms with Crippen molar-refractivity contribution in [3.63, 3.8) is 0 Å². The average molecular weight is 404 g/mol. The normalized spacial score (nSPS) is 11.4. The first-order valence-electron chi connectivity index (χ1n) is 7.09. The highest BCUT2D eigenvalue weighted by Gasteiger charge is 2.31. The van der Waals surface area contributed by atoms with Crippen LogP contribution in [0.1, 0.15) is 5.56 Å². The predicted octanol–water partition coefficient (Wildman–Crippen LogP) is 5.08. The van der Waals surface area contributed by atoms with Gasteiger partial charge in [0.05, 0.1) is 10.6 Å². The lowest BCUT2D eigenvalue weighted by atomic mass is 10.3. The minimum atomic E-state index is -4.53. The Balaban J connectivity index is 1.73. The second-order valence-electron chi connectivity index (χ2n) is 4.98. The molecule has 2 aromatic heterocycles. The van der Waals surface area contributed by atoms with Gasteiger partial charge in [0.25, 0.3) is 0 Å². The molecule has 2 heterocycles. The zero-order valence-electron chi connectivity index (χ0n) is 12.8. The van der Waals surface area contributed by atoms with E-state index in [0.717, 1.165) is 6.07 Å². The van der Waals surface area contributed by atoms with Crippen LogP contribution in [-0.4, -0.2) is 9.55 Å². The van der Waals surface area contributed by atoms with Gasteiger partial charge in [0.2, 0.25) is 5.88 Å². The number of hydrogen-bond donors (Lipinski definition) is 1. The fourth-order valence-electron chi connectivity index (χ4n) is 2.00. The fourth-order valence-corrected chi connectivity index (χ4v) is 2.38. The van der Waals surface area contributed by atoms with E-state index in [-0.39, 0.29) is 16.7 Å². The summed E-state index contributed by atoms with van der Waals surface area (Å²) >= 11 is 11.7. The summed E-state index contributed by atoms with van der Waals surface area (Å²) in [6, 6.07) is 10.5. The highest BCUT2D eigenvalue weighted by atomic mass is 35.5. The Kier molecular flexibility index (Phi) is 5.26.